The first-order valence-corrected chi connectivity index (χ1v) is 7.36. The number of piperidine rings is 1. The highest BCUT2D eigenvalue weighted by Crippen LogP contribution is 2.18. The summed E-state index contributed by atoms with van der Waals surface area (Å²) in [5, 5.41) is 0. The van der Waals surface area contributed by atoms with E-state index in [0.29, 0.717) is 12.6 Å². The normalized spacial score (nSPS) is 18.4. The fourth-order valence-corrected chi connectivity index (χ4v) is 3.25. The van der Waals surface area contributed by atoms with Gasteiger partial charge in [-0.2, -0.15) is 0 Å². The van der Waals surface area contributed by atoms with Crippen molar-refractivity contribution in [3.05, 3.63) is 21.9 Å². The Kier molecular flexibility index (Phi) is 4.54. The predicted octanol–water partition coefficient (Wildman–Crippen LogP) is 2.27. The fourth-order valence-electron chi connectivity index (χ4n) is 2.45. The number of aryl methyl sites for hydroxylation is 1. The van der Waals surface area contributed by atoms with Gasteiger partial charge in [0.15, 0.2) is 5.78 Å². The monoisotopic (exact) mass is 266 g/mol. The van der Waals surface area contributed by atoms with E-state index in [4.69, 9.17) is 0 Å². The number of hydrogen-bond acceptors (Lipinski definition) is 4. The van der Waals surface area contributed by atoms with Gasteiger partial charge in [0.2, 0.25) is 0 Å². The second kappa shape index (κ2) is 5.95. The third kappa shape index (κ3) is 3.40. The molecule has 1 aliphatic rings. The second-order valence-electron chi connectivity index (χ2n) is 5.28. The Labute approximate surface area is 113 Å². The van der Waals surface area contributed by atoms with E-state index in [1.54, 1.807) is 11.3 Å². The summed E-state index contributed by atoms with van der Waals surface area (Å²) < 4.78 is 0. The molecule has 4 heteroatoms. The molecule has 1 aliphatic heterocycles. The van der Waals surface area contributed by atoms with E-state index in [1.165, 1.54) is 17.7 Å². The quantitative estimate of drug-likeness (QED) is 0.781. The lowest BCUT2D eigenvalue weighted by molar-refractivity contribution is 0.0875. The maximum atomic E-state index is 12.1. The number of Topliss-reactive ketones (excluding diaryl/α,β-unsaturated/α-hetero) is 1. The van der Waals surface area contributed by atoms with Crippen LogP contribution in [0.3, 0.4) is 0 Å². The summed E-state index contributed by atoms with van der Waals surface area (Å²) in [6.07, 6.45) is 2.34. The summed E-state index contributed by atoms with van der Waals surface area (Å²) in [4.78, 5) is 18.8. The van der Waals surface area contributed by atoms with E-state index >= 15 is 0 Å². The highest BCUT2D eigenvalue weighted by molar-refractivity contribution is 7.14. The molecule has 2 heterocycles. The molecule has 1 aromatic heterocycles. The minimum Gasteiger partial charge on any atom is -0.306 e. The summed E-state index contributed by atoms with van der Waals surface area (Å²) in [5.74, 6) is 0.259. The summed E-state index contributed by atoms with van der Waals surface area (Å²) in [5.41, 5.74) is 0. The van der Waals surface area contributed by atoms with E-state index in [-0.39, 0.29) is 5.78 Å². The largest absolute Gasteiger partial charge is 0.306 e. The maximum absolute atomic E-state index is 12.1. The molecule has 1 saturated heterocycles. The third-order valence-corrected chi connectivity index (χ3v) is 4.76. The third-order valence-electron chi connectivity index (χ3n) is 3.72. The van der Waals surface area contributed by atoms with Crippen molar-refractivity contribution in [2.75, 3.05) is 33.7 Å². The van der Waals surface area contributed by atoms with Crippen LogP contribution < -0.4 is 0 Å². The minimum absolute atomic E-state index is 0.259. The van der Waals surface area contributed by atoms with Gasteiger partial charge in [0, 0.05) is 10.9 Å². The van der Waals surface area contributed by atoms with Crippen molar-refractivity contribution >= 4 is 17.1 Å². The Bertz CT molecular complexity index is 408. The van der Waals surface area contributed by atoms with Gasteiger partial charge in [-0.05, 0) is 59.1 Å². The zero-order valence-electron chi connectivity index (χ0n) is 11.5. The average Bonchev–Trinajstić information content (AvgIpc) is 2.76. The van der Waals surface area contributed by atoms with Crippen molar-refractivity contribution < 1.29 is 4.79 Å². The van der Waals surface area contributed by atoms with Gasteiger partial charge in [-0.15, -0.1) is 11.3 Å². The van der Waals surface area contributed by atoms with Crippen LogP contribution in [0.25, 0.3) is 0 Å². The summed E-state index contributed by atoms with van der Waals surface area (Å²) in [7, 11) is 4.24. The Morgan fingerprint density at radius 3 is 2.67 bits per heavy atom. The van der Waals surface area contributed by atoms with Gasteiger partial charge in [0.1, 0.15) is 0 Å². The van der Waals surface area contributed by atoms with Gasteiger partial charge in [-0.3, -0.25) is 9.69 Å². The summed E-state index contributed by atoms with van der Waals surface area (Å²) in [6.45, 7) is 4.87. The Hall–Kier alpha value is -0.710. The maximum Gasteiger partial charge on any atom is 0.186 e. The van der Waals surface area contributed by atoms with Gasteiger partial charge in [-0.25, -0.2) is 0 Å². The molecule has 0 amide bonds. The molecular formula is C14H22N2OS. The summed E-state index contributed by atoms with van der Waals surface area (Å²) >= 11 is 1.60. The summed E-state index contributed by atoms with van der Waals surface area (Å²) in [6, 6.07) is 4.53. The number of carbonyl (C=O) groups is 1. The molecule has 0 atom stereocenters. The number of nitrogens with zero attached hydrogens (tertiary/aromatic N) is 2. The van der Waals surface area contributed by atoms with Crippen LogP contribution in [0.1, 0.15) is 27.4 Å². The van der Waals surface area contributed by atoms with Crippen molar-refractivity contribution in [1.29, 1.82) is 0 Å². The standard InChI is InChI=1S/C14H22N2OS/c1-11-4-5-14(18-11)13(17)10-16(3)12-6-8-15(2)9-7-12/h4-5,12H,6-10H2,1-3H3. The SMILES string of the molecule is Cc1ccc(C(=O)CN(C)C2CCN(C)CC2)s1. The molecule has 0 aliphatic carbocycles. The zero-order chi connectivity index (χ0) is 13.1. The van der Waals surface area contributed by atoms with Crippen molar-refractivity contribution in [1.82, 2.24) is 9.80 Å². The van der Waals surface area contributed by atoms with Gasteiger partial charge in [-0.1, -0.05) is 0 Å². The van der Waals surface area contributed by atoms with Crippen molar-refractivity contribution in [3.63, 3.8) is 0 Å². The molecular weight excluding hydrogens is 244 g/mol. The van der Waals surface area contributed by atoms with E-state index in [0.717, 1.165) is 18.0 Å². The number of rotatable bonds is 4. The zero-order valence-corrected chi connectivity index (χ0v) is 12.3. The molecule has 0 bridgehead atoms. The smallest absolute Gasteiger partial charge is 0.186 e. The van der Waals surface area contributed by atoms with E-state index in [1.807, 2.05) is 19.1 Å². The highest BCUT2D eigenvalue weighted by atomic mass is 32.1. The average molecular weight is 266 g/mol. The fraction of sp³-hybridized carbons (Fsp3) is 0.643. The molecule has 0 saturated carbocycles. The van der Waals surface area contributed by atoms with Gasteiger partial charge < -0.3 is 4.90 Å². The number of ketones is 1. The van der Waals surface area contributed by atoms with Gasteiger partial charge >= 0.3 is 0 Å². The number of likely N-dealkylation sites (tertiary alicyclic amines) is 1. The van der Waals surface area contributed by atoms with Crippen LogP contribution in [-0.4, -0.2) is 55.4 Å². The molecule has 1 aromatic rings. The lowest BCUT2D eigenvalue weighted by Gasteiger charge is -2.34. The van der Waals surface area contributed by atoms with Crippen LogP contribution in [-0.2, 0) is 0 Å². The Morgan fingerprint density at radius 1 is 1.44 bits per heavy atom. The highest BCUT2D eigenvalue weighted by Gasteiger charge is 2.22. The minimum atomic E-state index is 0.259. The lowest BCUT2D eigenvalue weighted by Crippen LogP contribution is -2.43. The Morgan fingerprint density at radius 2 is 2.11 bits per heavy atom. The van der Waals surface area contributed by atoms with Crippen LogP contribution in [0.5, 0.6) is 0 Å². The first-order chi connectivity index (χ1) is 8.56. The van der Waals surface area contributed by atoms with E-state index in [2.05, 4.69) is 23.9 Å². The molecule has 0 unspecified atom stereocenters. The topological polar surface area (TPSA) is 23.6 Å². The Balaban J connectivity index is 1.87. The number of thiophene rings is 1. The molecule has 3 nitrogen and oxygen atoms in total. The van der Waals surface area contributed by atoms with Crippen molar-refractivity contribution in [2.45, 2.75) is 25.8 Å². The molecule has 1 fully saturated rings. The van der Waals surface area contributed by atoms with Gasteiger partial charge in [0.25, 0.3) is 0 Å². The number of likely N-dealkylation sites (N-methyl/N-ethyl adjacent to an activating group) is 1. The van der Waals surface area contributed by atoms with Crippen molar-refractivity contribution in [2.24, 2.45) is 0 Å². The molecule has 2 rings (SSSR count). The first kappa shape index (κ1) is 13.7. The molecule has 18 heavy (non-hydrogen) atoms. The number of hydrogen-bond donors (Lipinski definition) is 0. The number of carbonyl (C=O) groups excluding carboxylic acids is 1. The first-order valence-electron chi connectivity index (χ1n) is 6.54. The molecule has 100 valence electrons. The molecule has 0 N–H and O–H groups in total. The van der Waals surface area contributed by atoms with Crippen molar-refractivity contribution in [3.8, 4) is 0 Å². The second-order valence-corrected chi connectivity index (χ2v) is 6.57. The van der Waals surface area contributed by atoms with Crippen LogP contribution in [0.15, 0.2) is 12.1 Å². The van der Waals surface area contributed by atoms with Crippen LogP contribution in [0, 0.1) is 6.92 Å². The van der Waals surface area contributed by atoms with Crippen LogP contribution in [0.4, 0.5) is 0 Å². The van der Waals surface area contributed by atoms with Crippen LogP contribution >= 0.6 is 11.3 Å². The molecule has 0 radical (unpaired) electrons. The van der Waals surface area contributed by atoms with E-state index in [9.17, 15) is 4.79 Å². The van der Waals surface area contributed by atoms with Gasteiger partial charge in [0.05, 0.1) is 11.4 Å². The molecule has 0 aromatic carbocycles. The van der Waals surface area contributed by atoms with Crippen LogP contribution in [0.2, 0.25) is 0 Å². The molecule has 0 spiro atoms. The predicted molar refractivity (Wildman–Crippen MR) is 76.5 cm³/mol. The van der Waals surface area contributed by atoms with E-state index < -0.39 is 0 Å². The lowest BCUT2D eigenvalue weighted by atomic mass is 10.0.